The molecular weight excluding hydrogens is 307 g/mol. The number of carbonyl (C=O) groups excluding carboxylic acids is 1. The predicted molar refractivity (Wildman–Crippen MR) is 78.3 cm³/mol. The molecule has 1 fully saturated rings. The van der Waals surface area contributed by atoms with Crippen molar-refractivity contribution in [3.63, 3.8) is 0 Å². The standard InChI is InChI=1S/C17H16F3NO2/c18-17(19,20)23-14-7-5-12(6-8-14)11-1-3-13(4-2-11)15-9-10-16(22)21-15/h1-5,7-8,12,15H,6,9-10H2,(H,21,22)/t12?,15-/m0/s1. The van der Waals surface area contributed by atoms with Crippen LogP contribution < -0.4 is 5.32 Å². The lowest BCUT2D eigenvalue weighted by Crippen LogP contribution is -2.18. The van der Waals surface area contributed by atoms with E-state index in [9.17, 15) is 18.0 Å². The van der Waals surface area contributed by atoms with Crippen LogP contribution in [-0.4, -0.2) is 12.3 Å². The average Bonchev–Trinajstić information content (AvgIpc) is 2.93. The summed E-state index contributed by atoms with van der Waals surface area (Å²) in [6.07, 6.45) is 1.66. The van der Waals surface area contributed by atoms with Crippen molar-refractivity contribution in [3.05, 3.63) is 59.4 Å². The van der Waals surface area contributed by atoms with E-state index in [1.807, 2.05) is 24.3 Å². The monoisotopic (exact) mass is 323 g/mol. The Kier molecular flexibility index (Phi) is 4.15. The van der Waals surface area contributed by atoms with Crippen molar-refractivity contribution >= 4 is 5.91 Å². The minimum absolute atomic E-state index is 0.0304. The molecule has 6 heteroatoms. The third kappa shape index (κ3) is 3.94. The molecule has 3 rings (SSSR count). The summed E-state index contributed by atoms with van der Waals surface area (Å²) >= 11 is 0. The van der Waals surface area contributed by atoms with Crippen LogP contribution in [0.25, 0.3) is 0 Å². The highest BCUT2D eigenvalue weighted by atomic mass is 19.4. The first-order chi connectivity index (χ1) is 10.9. The maximum atomic E-state index is 12.2. The van der Waals surface area contributed by atoms with Crippen molar-refractivity contribution < 1.29 is 22.7 Å². The van der Waals surface area contributed by atoms with Gasteiger partial charge in [-0.1, -0.05) is 30.3 Å². The molecule has 0 saturated carbocycles. The van der Waals surface area contributed by atoms with Crippen LogP contribution in [0.1, 0.15) is 42.3 Å². The van der Waals surface area contributed by atoms with E-state index in [-0.39, 0.29) is 23.6 Å². The fourth-order valence-electron chi connectivity index (χ4n) is 2.90. The van der Waals surface area contributed by atoms with E-state index in [4.69, 9.17) is 0 Å². The van der Waals surface area contributed by atoms with Crippen LogP contribution in [0, 0.1) is 0 Å². The summed E-state index contributed by atoms with van der Waals surface area (Å²) in [6.45, 7) is 0. The summed E-state index contributed by atoms with van der Waals surface area (Å²) in [6, 6.07) is 7.90. The van der Waals surface area contributed by atoms with Crippen LogP contribution in [0.5, 0.6) is 0 Å². The van der Waals surface area contributed by atoms with E-state index in [0.29, 0.717) is 12.8 Å². The fourth-order valence-corrected chi connectivity index (χ4v) is 2.90. The van der Waals surface area contributed by atoms with Crippen LogP contribution in [0.3, 0.4) is 0 Å². The normalized spacial score (nSPS) is 24.3. The van der Waals surface area contributed by atoms with E-state index in [2.05, 4.69) is 10.1 Å². The summed E-state index contributed by atoms with van der Waals surface area (Å²) in [5.74, 6) is -0.0709. The van der Waals surface area contributed by atoms with Crippen LogP contribution in [0.15, 0.2) is 48.3 Å². The molecule has 1 amide bonds. The minimum atomic E-state index is -4.66. The van der Waals surface area contributed by atoms with Gasteiger partial charge in [-0.3, -0.25) is 4.79 Å². The SMILES string of the molecule is O=C1CC[C@@H](c2ccc(C3C=CC(OC(F)(F)F)=CC3)cc2)N1. The highest BCUT2D eigenvalue weighted by Gasteiger charge is 2.32. The summed E-state index contributed by atoms with van der Waals surface area (Å²) in [7, 11) is 0. The molecule has 0 spiro atoms. The number of nitrogens with one attached hydrogen (secondary N) is 1. The highest BCUT2D eigenvalue weighted by molar-refractivity contribution is 5.78. The van der Waals surface area contributed by atoms with Crippen LogP contribution in [0.2, 0.25) is 0 Å². The predicted octanol–water partition coefficient (Wildman–Crippen LogP) is 4.10. The van der Waals surface area contributed by atoms with Gasteiger partial charge in [0.05, 0.1) is 6.04 Å². The first-order valence-electron chi connectivity index (χ1n) is 7.44. The van der Waals surface area contributed by atoms with Crippen molar-refractivity contribution in [1.82, 2.24) is 5.32 Å². The molecule has 1 N–H and O–H groups in total. The number of alkyl halides is 3. The Morgan fingerprint density at radius 2 is 1.83 bits per heavy atom. The molecule has 2 atom stereocenters. The molecule has 1 saturated heterocycles. The maximum Gasteiger partial charge on any atom is 0.573 e. The Labute approximate surface area is 131 Å². The molecule has 0 aromatic heterocycles. The smallest absolute Gasteiger partial charge is 0.406 e. The number of rotatable bonds is 3. The number of benzene rings is 1. The van der Waals surface area contributed by atoms with Gasteiger partial charge in [-0.2, -0.15) is 0 Å². The molecule has 0 radical (unpaired) electrons. The Hall–Kier alpha value is -2.24. The zero-order valence-electron chi connectivity index (χ0n) is 12.3. The largest absolute Gasteiger partial charge is 0.573 e. The molecule has 3 nitrogen and oxygen atoms in total. The third-order valence-corrected chi connectivity index (χ3v) is 4.06. The molecule has 1 heterocycles. The average molecular weight is 323 g/mol. The summed E-state index contributed by atoms with van der Waals surface area (Å²) in [5.41, 5.74) is 2.08. The molecule has 0 bridgehead atoms. The Balaban J connectivity index is 1.63. The van der Waals surface area contributed by atoms with Gasteiger partial charge in [-0.05, 0) is 36.1 Å². The second-order valence-electron chi connectivity index (χ2n) is 5.68. The quantitative estimate of drug-likeness (QED) is 0.909. The Morgan fingerprint density at radius 3 is 2.35 bits per heavy atom. The van der Waals surface area contributed by atoms with Gasteiger partial charge >= 0.3 is 6.36 Å². The number of ether oxygens (including phenoxy) is 1. The van der Waals surface area contributed by atoms with Gasteiger partial charge in [0.15, 0.2) is 0 Å². The van der Waals surface area contributed by atoms with Crippen LogP contribution in [-0.2, 0) is 9.53 Å². The Morgan fingerprint density at radius 1 is 1.13 bits per heavy atom. The van der Waals surface area contributed by atoms with Crippen molar-refractivity contribution in [2.24, 2.45) is 0 Å². The summed E-state index contributed by atoms with van der Waals surface area (Å²) in [4.78, 5) is 11.3. The van der Waals surface area contributed by atoms with Gasteiger partial charge in [0, 0.05) is 12.3 Å². The molecule has 23 heavy (non-hydrogen) atoms. The molecule has 1 aromatic rings. The molecule has 1 aromatic carbocycles. The first-order valence-corrected chi connectivity index (χ1v) is 7.44. The molecule has 1 unspecified atom stereocenters. The van der Waals surface area contributed by atoms with E-state index in [0.717, 1.165) is 17.5 Å². The molecular formula is C17H16F3NO2. The molecule has 2 aliphatic rings. The lowest BCUT2D eigenvalue weighted by Gasteiger charge is -2.19. The zero-order chi connectivity index (χ0) is 16.4. The topological polar surface area (TPSA) is 38.3 Å². The number of hydrogen-bond acceptors (Lipinski definition) is 2. The van der Waals surface area contributed by atoms with E-state index in [1.165, 1.54) is 12.2 Å². The van der Waals surface area contributed by atoms with Gasteiger partial charge in [-0.15, -0.1) is 13.2 Å². The van der Waals surface area contributed by atoms with Crippen LogP contribution >= 0.6 is 0 Å². The number of hydrogen-bond donors (Lipinski definition) is 1. The highest BCUT2D eigenvalue weighted by Crippen LogP contribution is 2.31. The van der Waals surface area contributed by atoms with Gasteiger partial charge in [0.2, 0.25) is 5.91 Å². The van der Waals surface area contributed by atoms with Crippen molar-refractivity contribution in [2.75, 3.05) is 0 Å². The fraction of sp³-hybridized carbons (Fsp3) is 0.353. The van der Waals surface area contributed by atoms with Gasteiger partial charge in [0.25, 0.3) is 0 Å². The van der Waals surface area contributed by atoms with Crippen molar-refractivity contribution in [1.29, 1.82) is 0 Å². The third-order valence-electron chi connectivity index (χ3n) is 4.06. The second-order valence-corrected chi connectivity index (χ2v) is 5.68. The van der Waals surface area contributed by atoms with E-state index < -0.39 is 6.36 Å². The number of amides is 1. The van der Waals surface area contributed by atoms with Gasteiger partial charge in [-0.25, -0.2) is 0 Å². The lowest BCUT2D eigenvalue weighted by atomic mass is 9.91. The number of carbonyl (C=O) groups is 1. The zero-order valence-corrected chi connectivity index (χ0v) is 12.3. The second kappa shape index (κ2) is 6.10. The molecule has 122 valence electrons. The van der Waals surface area contributed by atoms with Gasteiger partial charge < -0.3 is 10.1 Å². The van der Waals surface area contributed by atoms with Crippen molar-refractivity contribution in [3.8, 4) is 0 Å². The first kappa shape index (κ1) is 15.6. The summed E-state index contributed by atoms with van der Waals surface area (Å²) < 4.78 is 40.4. The summed E-state index contributed by atoms with van der Waals surface area (Å²) in [5, 5.41) is 2.91. The number of allylic oxidation sites excluding steroid dienone is 3. The van der Waals surface area contributed by atoms with Crippen LogP contribution in [0.4, 0.5) is 13.2 Å². The van der Waals surface area contributed by atoms with Gasteiger partial charge in [0.1, 0.15) is 5.76 Å². The maximum absolute atomic E-state index is 12.2. The van der Waals surface area contributed by atoms with E-state index in [1.54, 1.807) is 6.08 Å². The molecule has 1 aliphatic carbocycles. The Bertz CT molecular complexity index is 647. The van der Waals surface area contributed by atoms with Crippen molar-refractivity contribution in [2.45, 2.75) is 37.6 Å². The minimum Gasteiger partial charge on any atom is -0.406 e. The van der Waals surface area contributed by atoms with E-state index >= 15 is 0 Å². The number of halogens is 3. The molecule has 1 aliphatic heterocycles. The lowest BCUT2D eigenvalue weighted by molar-refractivity contribution is -0.303.